The highest BCUT2D eigenvalue weighted by atomic mass is 32.1. The average Bonchev–Trinajstić information content (AvgIpc) is 3.85. The first-order chi connectivity index (χ1) is 29.2. The first kappa shape index (κ1) is 33.6. The van der Waals surface area contributed by atoms with Gasteiger partial charge in [0.1, 0.15) is 0 Å². The molecule has 0 spiro atoms. The zero-order chi connectivity index (χ0) is 38.9. The first-order valence-electron chi connectivity index (χ1n) is 20.0. The number of aromatic nitrogens is 2. The van der Waals surface area contributed by atoms with Crippen LogP contribution in [-0.2, 0) is 0 Å². The summed E-state index contributed by atoms with van der Waals surface area (Å²) in [6.45, 7) is 0. The molecule has 0 unspecified atom stereocenters. The van der Waals surface area contributed by atoms with Crippen LogP contribution in [0.25, 0.3) is 91.6 Å². The van der Waals surface area contributed by atoms with E-state index in [0.29, 0.717) is 0 Å². The smallest absolute Gasteiger partial charge is 0.0708 e. The Morgan fingerprint density at radius 1 is 0.407 bits per heavy atom. The van der Waals surface area contributed by atoms with E-state index in [1.54, 1.807) is 0 Å². The fourth-order valence-corrected chi connectivity index (χ4v) is 10.2. The Kier molecular flexibility index (Phi) is 7.72. The highest BCUT2D eigenvalue weighted by molar-refractivity contribution is 7.26. The van der Waals surface area contributed by atoms with Gasteiger partial charge in [0, 0.05) is 76.2 Å². The van der Waals surface area contributed by atoms with Crippen LogP contribution in [0.3, 0.4) is 0 Å². The molecule has 9 aromatic carbocycles. The van der Waals surface area contributed by atoms with E-state index < -0.39 is 0 Å². The van der Waals surface area contributed by atoms with Crippen LogP contribution < -0.4 is 4.90 Å². The molecule has 0 atom stereocenters. The van der Waals surface area contributed by atoms with Gasteiger partial charge < -0.3 is 9.47 Å². The zero-order valence-corrected chi connectivity index (χ0v) is 32.8. The lowest BCUT2D eigenvalue weighted by atomic mass is 9.98. The number of nitrogens with zero attached hydrogens (tertiary/aromatic N) is 3. The van der Waals surface area contributed by atoms with E-state index in [-0.39, 0.29) is 0 Å². The van der Waals surface area contributed by atoms with Crippen LogP contribution >= 0.6 is 11.3 Å². The summed E-state index contributed by atoms with van der Waals surface area (Å²) in [5.41, 5.74) is 12.7. The molecule has 3 aromatic heterocycles. The van der Waals surface area contributed by atoms with Crippen molar-refractivity contribution in [1.82, 2.24) is 9.55 Å². The molecule has 12 aromatic rings. The molecule has 0 aliphatic carbocycles. The predicted octanol–water partition coefficient (Wildman–Crippen LogP) is 15.7. The number of rotatable bonds is 6. The minimum Gasteiger partial charge on any atom is -0.310 e. The molecule has 0 saturated heterocycles. The molecule has 0 aliphatic heterocycles. The van der Waals surface area contributed by atoms with Gasteiger partial charge >= 0.3 is 0 Å². The fraction of sp³-hybridized carbons (Fsp3) is 0. The molecule has 0 N–H and O–H groups in total. The number of thiophene rings is 1. The largest absolute Gasteiger partial charge is 0.310 e. The number of anilines is 3. The Bertz CT molecular complexity index is 3550. The summed E-state index contributed by atoms with van der Waals surface area (Å²) in [5, 5.41) is 8.52. The second-order valence-corrected chi connectivity index (χ2v) is 16.2. The lowest BCUT2D eigenvalue weighted by molar-refractivity contribution is 1.19. The predicted molar refractivity (Wildman–Crippen MR) is 252 cm³/mol. The Hall–Kier alpha value is -7.53. The van der Waals surface area contributed by atoms with E-state index in [1.807, 2.05) is 17.5 Å². The van der Waals surface area contributed by atoms with Crippen LogP contribution in [0.4, 0.5) is 17.1 Å². The normalized spacial score (nSPS) is 11.7. The third-order valence-electron chi connectivity index (χ3n) is 11.8. The van der Waals surface area contributed by atoms with Gasteiger partial charge in [0.05, 0.1) is 16.6 Å². The second-order valence-electron chi connectivity index (χ2n) is 15.2. The molecule has 4 heteroatoms. The van der Waals surface area contributed by atoms with E-state index >= 15 is 0 Å². The summed E-state index contributed by atoms with van der Waals surface area (Å²) in [4.78, 5) is 7.13. The van der Waals surface area contributed by atoms with Crippen LogP contribution in [0, 0.1) is 0 Å². The number of hydrogen-bond donors (Lipinski definition) is 0. The highest BCUT2D eigenvalue weighted by Crippen LogP contribution is 2.47. The topological polar surface area (TPSA) is 21.1 Å². The monoisotopic (exact) mass is 769 g/mol. The maximum absolute atomic E-state index is 4.73. The van der Waals surface area contributed by atoms with Gasteiger partial charge in [0.2, 0.25) is 0 Å². The van der Waals surface area contributed by atoms with Gasteiger partial charge in [-0.1, -0.05) is 127 Å². The Labute approximate surface area is 345 Å². The minimum atomic E-state index is 1.01. The summed E-state index contributed by atoms with van der Waals surface area (Å²) >= 11 is 1.88. The summed E-state index contributed by atoms with van der Waals surface area (Å²) in [6, 6.07) is 75.0. The van der Waals surface area contributed by atoms with Gasteiger partial charge in [0.15, 0.2) is 0 Å². The third-order valence-corrected chi connectivity index (χ3v) is 13.0. The number of fused-ring (bicyclic) bond motifs is 9. The molecule has 0 bridgehead atoms. The molecule has 0 aliphatic rings. The van der Waals surface area contributed by atoms with Crippen molar-refractivity contribution in [1.29, 1.82) is 0 Å². The van der Waals surface area contributed by atoms with Gasteiger partial charge in [-0.15, -0.1) is 11.3 Å². The van der Waals surface area contributed by atoms with Crippen molar-refractivity contribution >= 4 is 92.1 Å². The van der Waals surface area contributed by atoms with E-state index in [2.05, 4.69) is 216 Å². The molecule has 59 heavy (non-hydrogen) atoms. The maximum Gasteiger partial charge on any atom is 0.0708 e. The van der Waals surface area contributed by atoms with Gasteiger partial charge in [-0.3, -0.25) is 4.98 Å². The van der Waals surface area contributed by atoms with E-state index in [9.17, 15) is 0 Å². The maximum atomic E-state index is 4.73. The van der Waals surface area contributed by atoms with E-state index in [4.69, 9.17) is 4.98 Å². The third kappa shape index (κ3) is 5.53. The standard InChI is InChI=1S/C55H35N3S/c1-3-13-36(14-4-1)37-23-27-41(28-24-37)57(40-15-5-2-6-16-40)43-33-48(55-50(34-43)46-19-9-12-22-54(46)59-55)38-26-30-53-49(31-38)45-18-8-11-21-52(45)58(53)42-29-25-39-35-56-51-20-10-7-17-44(51)47(39)32-42/h1-35H. The number of benzene rings is 9. The molecule has 0 saturated carbocycles. The molecule has 3 nitrogen and oxygen atoms in total. The Balaban J connectivity index is 1.07. The van der Waals surface area contributed by atoms with Gasteiger partial charge in [0.25, 0.3) is 0 Å². The number of para-hydroxylation sites is 3. The second kappa shape index (κ2) is 13.6. The first-order valence-corrected chi connectivity index (χ1v) is 20.8. The molecular formula is C55H35N3S. The Morgan fingerprint density at radius 3 is 1.92 bits per heavy atom. The van der Waals surface area contributed by atoms with Gasteiger partial charge in [-0.25, -0.2) is 0 Å². The summed E-state index contributed by atoms with van der Waals surface area (Å²) < 4.78 is 5.00. The van der Waals surface area contributed by atoms with Crippen LogP contribution in [-0.4, -0.2) is 9.55 Å². The molecule has 0 amide bonds. The summed E-state index contributed by atoms with van der Waals surface area (Å²) in [5.74, 6) is 0. The molecule has 0 fully saturated rings. The van der Waals surface area contributed by atoms with Crippen molar-refractivity contribution in [2.45, 2.75) is 0 Å². The van der Waals surface area contributed by atoms with Crippen LogP contribution in [0.15, 0.2) is 212 Å². The summed E-state index contributed by atoms with van der Waals surface area (Å²) in [7, 11) is 0. The lowest BCUT2D eigenvalue weighted by Gasteiger charge is -2.26. The number of hydrogen-bond acceptors (Lipinski definition) is 3. The Morgan fingerprint density at radius 2 is 1.07 bits per heavy atom. The lowest BCUT2D eigenvalue weighted by Crippen LogP contribution is -2.10. The highest BCUT2D eigenvalue weighted by Gasteiger charge is 2.20. The average molecular weight is 770 g/mol. The van der Waals surface area contributed by atoms with Crippen LogP contribution in [0.1, 0.15) is 0 Å². The van der Waals surface area contributed by atoms with Crippen molar-refractivity contribution in [3.63, 3.8) is 0 Å². The molecule has 276 valence electrons. The quantitative estimate of drug-likeness (QED) is 0.157. The van der Waals surface area contributed by atoms with Crippen molar-refractivity contribution in [3.05, 3.63) is 212 Å². The van der Waals surface area contributed by atoms with Crippen molar-refractivity contribution in [3.8, 4) is 27.9 Å². The van der Waals surface area contributed by atoms with Gasteiger partial charge in [-0.05, 0) is 101 Å². The van der Waals surface area contributed by atoms with E-state index in [1.165, 1.54) is 75.0 Å². The minimum absolute atomic E-state index is 1.01. The zero-order valence-electron chi connectivity index (χ0n) is 32.0. The van der Waals surface area contributed by atoms with Crippen LogP contribution in [0.5, 0.6) is 0 Å². The van der Waals surface area contributed by atoms with Crippen LogP contribution in [0.2, 0.25) is 0 Å². The van der Waals surface area contributed by atoms with E-state index in [0.717, 1.165) is 33.7 Å². The summed E-state index contributed by atoms with van der Waals surface area (Å²) in [6.07, 6.45) is 1.99. The molecule has 0 radical (unpaired) electrons. The van der Waals surface area contributed by atoms with Crippen molar-refractivity contribution in [2.75, 3.05) is 4.90 Å². The molecular weight excluding hydrogens is 735 g/mol. The number of pyridine rings is 1. The van der Waals surface area contributed by atoms with Crippen molar-refractivity contribution < 1.29 is 0 Å². The SMILES string of the molecule is c1ccc(-c2ccc(N(c3ccccc3)c3cc(-c4ccc5c(c4)c4ccccc4n5-c4ccc5cnc6ccccc6c5c4)c4sc5ccccc5c4c3)cc2)cc1. The fourth-order valence-electron chi connectivity index (χ4n) is 9.01. The van der Waals surface area contributed by atoms with Crippen molar-refractivity contribution in [2.24, 2.45) is 0 Å². The molecule has 3 heterocycles. The van der Waals surface area contributed by atoms with Gasteiger partial charge in [-0.2, -0.15) is 0 Å². The molecule has 12 rings (SSSR count).